The van der Waals surface area contributed by atoms with Crippen LogP contribution in [0.1, 0.15) is 54.9 Å². The van der Waals surface area contributed by atoms with Gasteiger partial charge in [-0.05, 0) is 33.1 Å². The lowest BCUT2D eigenvalue weighted by Crippen LogP contribution is -2.44. The van der Waals surface area contributed by atoms with Crippen LogP contribution in [0.15, 0.2) is 0 Å². The maximum absolute atomic E-state index is 11.9. The molecule has 0 heterocycles. The van der Waals surface area contributed by atoms with E-state index in [2.05, 4.69) is 19.2 Å². The Morgan fingerprint density at radius 1 is 1.19 bits per heavy atom. The van der Waals surface area contributed by atoms with E-state index in [0.717, 1.165) is 6.42 Å². The summed E-state index contributed by atoms with van der Waals surface area (Å²) >= 11 is 0. The molecule has 0 fully saturated rings. The van der Waals surface area contributed by atoms with Crippen LogP contribution in [0.3, 0.4) is 0 Å². The predicted octanol–water partition coefficient (Wildman–Crippen LogP) is 2.74. The highest BCUT2D eigenvalue weighted by Gasteiger charge is 2.25. The van der Waals surface area contributed by atoms with Crippen molar-refractivity contribution in [2.45, 2.75) is 72.6 Å². The van der Waals surface area contributed by atoms with E-state index in [1.54, 1.807) is 0 Å². The molecule has 3 heteroatoms. The van der Waals surface area contributed by atoms with Crippen LogP contribution < -0.4 is 5.32 Å². The molecule has 0 amide bonds. The second-order valence-corrected chi connectivity index (χ2v) is 6.04. The van der Waals surface area contributed by atoms with Gasteiger partial charge in [-0.25, -0.2) is 0 Å². The van der Waals surface area contributed by atoms with Crippen LogP contribution in [0.5, 0.6) is 0 Å². The molecule has 0 radical (unpaired) electrons. The van der Waals surface area contributed by atoms with E-state index in [9.17, 15) is 4.79 Å². The van der Waals surface area contributed by atoms with Gasteiger partial charge in [0.1, 0.15) is 11.6 Å². The van der Waals surface area contributed by atoms with Gasteiger partial charge in [0.25, 0.3) is 0 Å². The second-order valence-electron chi connectivity index (χ2n) is 6.04. The minimum atomic E-state index is -0.412. The summed E-state index contributed by atoms with van der Waals surface area (Å²) in [6, 6.07) is 0.0930. The van der Waals surface area contributed by atoms with Crippen molar-refractivity contribution < 1.29 is 9.53 Å². The van der Waals surface area contributed by atoms with Crippen molar-refractivity contribution in [1.29, 1.82) is 0 Å². The molecule has 0 aromatic rings. The van der Waals surface area contributed by atoms with Gasteiger partial charge in [-0.2, -0.15) is 0 Å². The SMILES string of the molecule is CC(C)CC(NC(C)C)C(=O)OC(C)(C)C. The monoisotopic (exact) mass is 229 g/mol. The average Bonchev–Trinajstić information content (AvgIpc) is 1.97. The Morgan fingerprint density at radius 2 is 1.69 bits per heavy atom. The van der Waals surface area contributed by atoms with Crippen molar-refractivity contribution in [3.05, 3.63) is 0 Å². The number of ether oxygens (including phenoxy) is 1. The first-order valence-electron chi connectivity index (χ1n) is 6.10. The van der Waals surface area contributed by atoms with Gasteiger partial charge in [0, 0.05) is 6.04 Å². The number of nitrogens with one attached hydrogen (secondary N) is 1. The van der Waals surface area contributed by atoms with Crippen molar-refractivity contribution in [2.75, 3.05) is 0 Å². The van der Waals surface area contributed by atoms with Gasteiger partial charge in [0.15, 0.2) is 0 Å². The Labute approximate surface area is 99.9 Å². The highest BCUT2D eigenvalue weighted by atomic mass is 16.6. The van der Waals surface area contributed by atoms with Crippen LogP contribution in [-0.2, 0) is 9.53 Å². The smallest absolute Gasteiger partial charge is 0.323 e. The molecule has 0 spiro atoms. The lowest BCUT2D eigenvalue weighted by atomic mass is 10.0. The van der Waals surface area contributed by atoms with Crippen LogP contribution in [0, 0.1) is 5.92 Å². The first kappa shape index (κ1) is 15.4. The Morgan fingerprint density at radius 3 is 2.00 bits per heavy atom. The number of carbonyl (C=O) groups is 1. The fraction of sp³-hybridized carbons (Fsp3) is 0.923. The van der Waals surface area contributed by atoms with Gasteiger partial charge in [-0.1, -0.05) is 27.7 Å². The molecular weight excluding hydrogens is 202 g/mol. The number of hydrogen-bond donors (Lipinski definition) is 1. The number of esters is 1. The summed E-state index contributed by atoms with van der Waals surface area (Å²) in [6.07, 6.45) is 0.813. The third-order valence-corrected chi connectivity index (χ3v) is 1.93. The highest BCUT2D eigenvalue weighted by Crippen LogP contribution is 2.13. The second kappa shape index (κ2) is 6.24. The van der Waals surface area contributed by atoms with E-state index in [1.807, 2.05) is 34.6 Å². The van der Waals surface area contributed by atoms with Crippen molar-refractivity contribution in [1.82, 2.24) is 5.32 Å². The molecule has 96 valence electrons. The van der Waals surface area contributed by atoms with E-state index < -0.39 is 5.60 Å². The number of hydrogen-bond acceptors (Lipinski definition) is 3. The van der Waals surface area contributed by atoms with Gasteiger partial charge in [-0.15, -0.1) is 0 Å². The molecule has 0 rings (SSSR count). The zero-order chi connectivity index (χ0) is 12.9. The Hall–Kier alpha value is -0.570. The maximum Gasteiger partial charge on any atom is 0.323 e. The lowest BCUT2D eigenvalue weighted by Gasteiger charge is -2.26. The Kier molecular flexibility index (Phi) is 6.01. The normalized spacial score (nSPS) is 14.3. The molecule has 0 saturated heterocycles. The molecular formula is C13H27NO2. The molecule has 16 heavy (non-hydrogen) atoms. The standard InChI is InChI=1S/C13H27NO2/c1-9(2)8-11(14-10(3)4)12(15)16-13(5,6)7/h9-11,14H,8H2,1-7H3. The summed E-state index contributed by atoms with van der Waals surface area (Å²) < 4.78 is 5.40. The molecule has 3 nitrogen and oxygen atoms in total. The third kappa shape index (κ3) is 7.69. The fourth-order valence-corrected chi connectivity index (χ4v) is 1.48. The van der Waals surface area contributed by atoms with Crippen LogP contribution in [0.4, 0.5) is 0 Å². The van der Waals surface area contributed by atoms with Crippen molar-refractivity contribution >= 4 is 5.97 Å². The summed E-state index contributed by atoms with van der Waals surface area (Å²) in [4.78, 5) is 11.9. The largest absolute Gasteiger partial charge is 0.459 e. The van der Waals surface area contributed by atoms with Gasteiger partial charge in [-0.3, -0.25) is 4.79 Å². The number of carbonyl (C=O) groups excluding carboxylic acids is 1. The van der Waals surface area contributed by atoms with E-state index in [4.69, 9.17) is 4.74 Å². The first-order chi connectivity index (χ1) is 7.11. The molecule has 0 aromatic carbocycles. The Balaban J connectivity index is 4.44. The molecule has 1 atom stereocenters. The van der Waals surface area contributed by atoms with Crippen LogP contribution in [0.2, 0.25) is 0 Å². The number of rotatable bonds is 5. The van der Waals surface area contributed by atoms with Crippen molar-refractivity contribution in [3.63, 3.8) is 0 Å². The molecule has 0 bridgehead atoms. The van der Waals surface area contributed by atoms with Crippen molar-refractivity contribution in [3.8, 4) is 0 Å². The molecule has 0 aliphatic heterocycles. The Bertz CT molecular complexity index is 206. The van der Waals surface area contributed by atoms with E-state index >= 15 is 0 Å². The lowest BCUT2D eigenvalue weighted by molar-refractivity contribution is -0.158. The predicted molar refractivity (Wildman–Crippen MR) is 67.4 cm³/mol. The molecule has 0 saturated carbocycles. The topological polar surface area (TPSA) is 38.3 Å². The summed E-state index contributed by atoms with van der Waals surface area (Å²) in [6.45, 7) is 14.0. The van der Waals surface area contributed by atoms with E-state index in [1.165, 1.54) is 0 Å². The molecule has 0 aliphatic carbocycles. The van der Waals surface area contributed by atoms with Crippen LogP contribution >= 0.6 is 0 Å². The summed E-state index contributed by atoms with van der Waals surface area (Å²) in [5.74, 6) is 0.332. The van der Waals surface area contributed by atoms with E-state index in [0.29, 0.717) is 5.92 Å². The molecule has 0 aromatic heterocycles. The molecule has 0 aliphatic rings. The van der Waals surface area contributed by atoms with Gasteiger partial charge in [0.05, 0.1) is 0 Å². The third-order valence-electron chi connectivity index (χ3n) is 1.93. The zero-order valence-electron chi connectivity index (χ0n) is 11.8. The summed E-state index contributed by atoms with van der Waals surface area (Å²) in [5.41, 5.74) is -0.412. The minimum Gasteiger partial charge on any atom is -0.459 e. The van der Waals surface area contributed by atoms with Crippen molar-refractivity contribution in [2.24, 2.45) is 5.92 Å². The molecule has 1 unspecified atom stereocenters. The fourth-order valence-electron chi connectivity index (χ4n) is 1.48. The van der Waals surface area contributed by atoms with Gasteiger partial charge in [0.2, 0.25) is 0 Å². The molecule has 1 N–H and O–H groups in total. The quantitative estimate of drug-likeness (QED) is 0.737. The maximum atomic E-state index is 11.9. The van der Waals surface area contributed by atoms with Gasteiger partial charge >= 0.3 is 5.97 Å². The summed E-state index contributed by atoms with van der Waals surface area (Å²) in [5, 5.41) is 3.26. The van der Waals surface area contributed by atoms with Crippen LogP contribution in [0.25, 0.3) is 0 Å². The summed E-state index contributed by atoms with van der Waals surface area (Å²) in [7, 11) is 0. The van der Waals surface area contributed by atoms with E-state index in [-0.39, 0.29) is 18.1 Å². The van der Waals surface area contributed by atoms with Gasteiger partial charge < -0.3 is 10.1 Å². The average molecular weight is 229 g/mol. The first-order valence-corrected chi connectivity index (χ1v) is 6.10. The highest BCUT2D eigenvalue weighted by molar-refractivity contribution is 5.76. The zero-order valence-corrected chi connectivity index (χ0v) is 11.8. The van der Waals surface area contributed by atoms with Crippen LogP contribution in [-0.4, -0.2) is 23.7 Å². The minimum absolute atomic E-state index is 0.144.